The lowest BCUT2D eigenvalue weighted by Crippen LogP contribution is -2.34. The predicted molar refractivity (Wildman–Crippen MR) is 58.9 cm³/mol. The average molecular weight is 235 g/mol. The average Bonchev–Trinajstić information content (AvgIpc) is 2.85. The predicted octanol–water partition coefficient (Wildman–Crippen LogP) is 0.805. The van der Waals surface area contributed by atoms with Crippen LogP contribution in [0.4, 0.5) is 0 Å². The van der Waals surface area contributed by atoms with Crippen LogP contribution >= 0.6 is 0 Å². The van der Waals surface area contributed by atoms with Crippen LogP contribution < -0.4 is 0 Å². The minimum atomic E-state index is -0.0342. The van der Waals surface area contributed by atoms with Gasteiger partial charge < -0.3 is 4.74 Å². The lowest BCUT2D eigenvalue weighted by molar-refractivity contribution is -0.141. The fourth-order valence-electron chi connectivity index (χ4n) is 4.32. The Balaban J connectivity index is 1.61. The summed E-state index contributed by atoms with van der Waals surface area (Å²) in [5.41, 5.74) is 0. The van der Waals surface area contributed by atoms with Crippen molar-refractivity contribution in [1.29, 1.82) is 0 Å². The molecule has 0 aromatic rings. The van der Waals surface area contributed by atoms with Crippen molar-refractivity contribution in [2.24, 2.45) is 23.7 Å². The fraction of sp³-hybridized carbons (Fsp3) is 0.846. The van der Waals surface area contributed by atoms with Crippen molar-refractivity contribution in [3.63, 3.8) is 0 Å². The first-order chi connectivity index (χ1) is 8.24. The Morgan fingerprint density at radius 3 is 2.29 bits per heavy atom. The minimum absolute atomic E-state index is 0.0342. The van der Waals surface area contributed by atoms with Crippen LogP contribution in [-0.2, 0) is 14.3 Å². The molecule has 4 aliphatic rings. The maximum absolute atomic E-state index is 12.3. The highest BCUT2D eigenvalue weighted by atomic mass is 16.6. The van der Waals surface area contributed by atoms with Gasteiger partial charge in [-0.15, -0.1) is 0 Å². The summed E-state index contributed by atoms with van der Waals surface area (Å²) in [6.07, 6.45) is 3.61. The molecule has 17 heavy (non-hydrogen) atoms. The summed E-state index contributed by atoms with van der Waals surface area (Å²) < 4.78 is 5.57. The molecular formula is C13H17NO3. The van der Waals surface area contributed by atoms with Gasteiger partial charge in [0.25, 0.3) is 0 Å². The maximum Gasteiger partial charge on any atom is 0.233 e. The second-order valence-corrected chi connectivity index (χ2v) is 5.86. The summed E-state index contributed by atoms with van der Waals surface area (Å²) in [5.74, 6) is 0.808. The third-order valence-electron chi connectivity index (χ3n) is 5.10. The van der Waals surface area contributed by atoms with Crippen molar-refractivity contribution >= 4 is 11.8 Å². The third kappa shape index (κ3) is 1.07. The number of rotatable bonds is 3. The van der Waals surface area contributed by atoms with Gasteiger partial charge in [-0.05, 0) is 12.8 Å². The van der Waals surface area contributed by atoms with Gasteiger partial charge in [-0.3, -0.25) is 14.5 Å². The van der Waals surface area contributed by atoms with E-state index >= 15 is 0 Å². The van der Waals surface area contributed by atoms with Crippen LogP contribution in [0.15, 0.2) is 0 Å². The highest BCUT2D eigenvalue weighted by Crippen LogP contribution is 2.63. The number of imide groups is 1. The monoisotopic (exact) mass is 235 g/mol. The lowest BCUT2D eigenvalue weighted by Gasteiger charge is -2.17. The van der Waals surface area contributed by atoms with Crippen molar-refractivity contribution in [2.45, 2.75) is 38.4 Å². The maximum atomic E-state index is 12.3. The molecule has 0 N–H and O–H groups in total. The number of carbonyl (C=O) groups excluding carboxylic acids is 2. The largest absolute Gasteiger partial charge is 0.369 e. The molecule has 0 spiro atoms. The second kappa shape index (κ2) is 3.10. The summed E-state index contributed by atoms with van der Waals surface area (Å²) in [7, 11) is 0. The van der Waals surface area contributed by atoms with E-state index in [2.05, 4.69) is 6.92 Å². The Kier molecular flexibility index (Phi) is 1.84. The lowest BCUT2D eigenvalue weighted by atomic mass is 9.81. The Hall–Kier alpha value is -0.900. The fourth-order valence-corrected chi connectivity index (χ4v) is 4.32. The van der Waals surface area contributed by atoms with Crippen molar-refractivity contribution in [3.8, 4) is 0 Å². The number of hydrogen-bond donors (Lipinski definition) is 0. The van der Waals surface area contributed by atoms with Crippen LogP contribution in [0.5, 0.6) is 0 Å². The highest BCUT2D eigenvalue weighted by Gasteiger charge is 2.73. The van der Waals surface area contributed by atoms with Gasteiger partial charge in [-0.2, -0.15) is 0 Å². The number of epoxide rings is 1. The van der Waals surface area contributed by atoms with E-state index in [1.165, 1.54) is 4.90 Å². The van der Waals surface area contributed by atoms with Gasteiger partial charge in [0.2, 0.25) is 11.8 Å². The molecule has 4 nitrogen and oxygen atoms in total. The Bertz CT molecular complexity index is 375. The van der Waals surface area contributed by atoms with Gasteiger partial charge in [0.15, 0.2) is 0 Å². The van der Waals surface area contributed by atoms with Gasteiger partial charge in [0.05, 0.1) is 24.0 Å². The number of likely N-dealkylation sites (tertiary alicyclic amines) is 1. The first-order valence-corrected chi connectivity index (χ1v) is 6.74. The number of unbranched alkanes of at least 4 members (excludes halogenated alkanes) is 1. The molecule has 6 unspecified atom stereocenters. The van der Waals surface area contributed by atoms with E-state index < -0.39 is 0 Å². The molecule has 2 aliphatic heterocycles. The molecular weight excluding hydrogens is 218 g/mol. The van der Waals surface area contributed by atoms with E-state index in [0.29, 0.717) is 30.6 Å². The van der Waals surface area contributed by atoms with E-state index in [4.69, 9.17) is 4.74 Å². The van der Waals surface area contributed by atoms with Crippen LogP contribution in [0.1, 0.15) is 26.2 Å². The number of carbonyl (C=O) groups is 2. The number of nitrogens with zero attached hydrogens (tertiary/aromatic N) is 1. The number of hydrogen-bond acceptors (Lipinski definition) is 3. The number of amides is 2. The molecule has 2 aliphatic carbocycles. The van der Waals surface area contributed by atoms with Crippen molar-refractivity contribution in [3.05, 3.63) is 0 Å². The molecule has 4 heteroatoms. The molecule has 4 fully saturated rings. The molecule has 2 saturated heterocycles. The van der Waals surface area contributed by atoms with Crippen LogP contribution in [0.3, 0.4) is 0 Å². The van der Waals surface area contributed by atoms with E-state index in [1.807, 2.05) is 0 Å². The molecule has 92 valence electrons. The third-order valence-corrected chi connectivity index (χ3v) is 5.10. The van der Waals surface area contributed by atoms with Crippen molar-refractivity contribution < 1.29 is 14.3 Å². The Morgan fingerprint density at radius 2 is 1.76 bits per heavy atom. The summed E-state index contributed by atoms with van der Waals surface area (Å²) in [5, 5.41) is 0. The van der Waals surface area contributed by atoms with E-state index in [-0.39, 0.29) is 23.7 Å². The first kappa shape index (κ1) is 10.1. The van der Waals surface area contributed by atoms with Crippen LogP contribution in [0.25, 0.3) is 0 Å². The Labute approximate surface area is 100 Å². The number of fused-ring (bicyclic) bond motifs is 8. The first-order valence-electron chi connectivity index (χ1n) is 6.74. The molecule has 0 aromatic carbocycles. The van der Waals surface area contributed by atoms with Gasteiger partial charge in [0, 0.05) is 18.4 Å². The SMILES string of the molecule is CCCCN1C(=O)C2C3CC(C4OC34)C2C1=O. The second-order valence-electron chi connectivity index (χ2n) is 5.86. The van der Waals surface area contributed by atoms with Crippen LogP contribution in [0, 0.1) is 23.7 Å². The van der Waals surface area contributed by atoms with E-state index in [0.717, 1.165) is 19.3 Å². The van der Waals surface area contributed by atoms with Gasteiger partial charge in [-0.25, -0.2) is 0 Å². The molecule has 2 saturated carbocycles. The van der Waals surface area contributed by atoms with Gasteiger partial charge >= 0.3 is 0 Å². The van der Waals surface area contributed by atoms with Crippen LogP contribution in [0.2, 0.25) is 0 Å². The zero-order chi connectivity index (χ0) is 11.7. The molecule has 0 aromatic heterocycles. The topological polar surface area (TPSA) is 49.9 Å². The normalized spacial score (nSPS) is 49.8. The minimum Gasteiger partial charge on any atom is -0.369 e. The molecule has 2 amide bonds. The molecule has 2 heterocycles. The van der Waals surface area contributed by atoms with Crippen LogP contribution in [-0.4, -0.2) is 35.5 Å². The summed E-state index contributed by atoms with van der Waals surface area (Å²) in [6, 6.07) is 0. The van der Waals surface area contributed by atoms with Crippen molar-refractivity contribution in [1.82, 2.24) is 4.90 Å². The van der Waals surface area contributed by atoms with Gasteiger partial charge in [0.1, 0.15) is 0 Å². The Morgan fingerprint density at radius 1 is 1.18 bits per heavy atom. The molecule has 6 atom stereocenters. The van der Waals surface area contributed by atoms with Gasteiger partial charge in [-0.1, -0.05) is 13.3 Å². The summed E-state index contributed by atoms with van der Waals surface area (Å²) in [4.78, 5) is 26.1. The van der Waals surface area contributed by atoms with E-state index in [9.17, 15) is 9.59 Å². The van der Waals surface area contributed by atoms with E-state index in [1.54, 1.807) is 0 Å². The molecule has 0 radical (unpaired) electrons. The summed E-state index contributed by atoms with van der Waals surface area (Å²) in [6.45, 7) is 2.70. The smallest absolute Gasteiger partial charge is 0.233 e. The number of ether oxygens (including phenoxy) is 1. The standard InChI is InChI=1S/C13H17NO3/c1-2-3-4-14-12(15)8-6-5-7(9(8)13(14)16)11-10(6)17-11/h6-11H,2-5H2,1H3. The molecule has 4 rings (SSSR count). The zero-order valence-corrected chi connectivity index (χ0v) is 9.96. The quantitative estimate of drug-likeness (QED) is 0.537. The van der Waals surface area contributed by atoms with Crippen molar-refractivity contribution in [2.75, 3.05) is 6.54 Å². The molecule has 2 bridgehead atoms. The zero-order valence-electron chi connectivity index (χ0n) is 9.96. The summed E-state index contributed by atoms with van der Waals surface area (Å²) >= 11 is 0. The highest BCUT2D eigenvalue weighted by molar-refractivity contribution is 6.06.